The minimum absolute atomic E-state index is 0.0115. The Morgan fingerprint density at radius 2 is 1.42 bits per heavy atom. The third-order valence-electron chi connectivity index (χ3n) is 9.05. The van der Waals surface area contributed by atoms with Crippen LogP contribution >= 0.6 is 0 Å². The van der Waals surface area contributed by atoms with Crippen LogP contribution in [0.2, 0.25) is 0 Å². The molecule has 0 aliphatic carbocycles. The molecule has 4 rings (SSSR count). The van der Waals surface area contributed by atoms with E-state index in [1.807, 2.05) is 12.1 Å². The highest BCUT2D eigenvalue weighted by Crippen LogP contribution is 2.39. The van der Waals surface area contributed by atoms with E-state index >= 15 is 0 Å². The zero-order chi connectivity index (χ0) is 32.6. The van der Waals surface area contributed by atoms with Crippen molar-refractivity contribution in [1.29, 1.82) is 0 Å². The van der Waals surface area contributed by atoms with Gasteiger partial charge in [0, 0.05) is 28.4 Å². The van der Waals surface area contributed by atoms with Gasteiger partial charge in [0.25, 0.3) is 5.91 Å². The van der Waals surface area contributed by atoms with Gasteiger partial charge in [-0.15, -0.1) is 0 Å². The number of hydrogen-bond acceptors (Lipinski definition) is 5. The molecule has 0 spiro atoms. The minimum Gasteiger partial charge on any atom is -0.506 e. The number of hydrogen-bond donors (Lipinski definition) is 2. The molecule has 4 aromatic rings. The molecular formula is C39H47NO5. The molecule has 0 heterocycles. The van der Waals surface area contributed by atoms with Crippen molar-refractivity contribution in [3.63, 3.8) is 0 Å². The summed E-state index contributed by atoms with van der Waals surface area (Å²) in [5, 5.41) is 15.0. The molecule has 0 aliphatic rings. The fourth-order valence-corrected chi connectivity index (χ4v) is 5.18. The van der Waals surface area contributed by atoms with Crippen molar-refractivity contribution in [2.24, 2.45) is 0 Å². The van der Waals surface area contributed by atoms with Gasteiger partial charge in [-0.3, -0.25) is 9.59 Å². The highest BCUT2D eigenvalue weighted by Gasteiger charge is 2.26. The Bertz CT molecular complexity index is 1620. The van der Waals surface area contributed by atoms with Gasteiger partial charge in [-0.05, 0) is 54.2 Å². The number of nitrogens with one attached hydrogen (secondary N) is 1. The second-order valence-electron chi connectivity index (χ2n) is 12.9. The highest BCUT2D eigenvalue weighted by atomic mass is 16.5. The van der Waals surface area contributed by atoms with E-state index in [4.69, 9.17) is 9.47 Å². The molecule has 1 amide bonds. The normalized spacial score (nSPS) is 11.8. The maximum atomic E-state index is 13.2. The summed E-state index contributed by atoms with van der Waals surface area (Å²) >= 11 is 0. The van der Waals surface area contributed by atoms with E-state index in [2.05, 4.69) is 65.1 Å². The van der Waals surface area contributed by atoms with E-state index in [1.54, 1.807) is 42.5 Å². The van der Waals surface area contributed by atoms with Crippen molar-refractivity contribution in [3.8, 4) is 17.2 Å². The summed E-state index contributed by atoms with van der Waals surface area (Å²) in [7, 11) is 0. The Balaban J connectivity index is 1.37. The van der Waals surface area contributed by atoms with Crippen molar-refractivity contribution in [1.82, 2.24) is 5.32 Å². The Morgan fingerprint density at radius 1 is 0.756 bits per heavy atom. The first-order valence-electron chi connectivity index (χ1n) is 16.0. The summed E-state index contributed by atoms with van der Waals surface area (Å²) in [6.07, 6.45) is 3.53. The molecule has 45 heavy (non-hydrogen) atoms. The molecule has 0 aliphatic heterocycles. The van der Waals surface area contributed by atoms with Crippen LogP contribution in [0.3, 0.4) is 0 Å². The monoisotopic (exact) mass is 609 g/mol. The van der Waals surface area contributed by atoms with Crippen LogP contribution in [0.15, 0.2) is 78.9 Å². The van der Waals surface area contributed by atoms with Crippen molar-refractivity contribution in [2.75, 3.05) is 19.8 Å². The van der Waals surface area contributed by atoms with E-state index in [0.29, 0.717) is 41.7 Å². The number of carbonyl (C=O) groups excluding carboxylic acids is 2. The molecule has 2 N–H and O–H groups in total. The summed E-state index contributed by atoms with van der Waals surface area (Å²) in [6.45, 7) is 14.3. The third kappa shape index (κ3) is 8.05. The van der Waals surface area contributed by atoms with Crippen LogP contribution < -0.4 is 14.8 Å². The number of carbonyl (C=O) groups is 2. The molecule has 0 fully saturated rings. The molecule has 0 radical (unpaired) electrons. The quantitative estimate of drug-likeness (QED) is 0.104. The van der Waals surface area contributed by atoms with Crippen LogP contribution in [0, 0.1) is 0 Å². The van der Waals surface area contributed by atoms with E-state index in [0.717, 1.165) is 25.0 Å². The summed E-state index contributed by atoms with van der Waals surface area (Å²) in [6, 6.07) is 24.2. The zero-order valence-electron chi connectivity index (χ0n) is 27.5. The largest absolute Gasteiger partial charge is 0.506 e. The molecule has 238 valence electrons. The van der Waals surface area contributed by atoms with Gasteiger partial charge >= 0.3 is 0 Å². The molecular weight excluding hydrogens is 562 g/mol. The number of Topliss-reactive ketones (excluding diaryl/α,β-unsaturated/α-hetero) is 1. The van der Waals surface area contributed by atoms with Crippen LogP contribution in [-0.4, -0.2) is 36.6 Å². The second kappa shape index (κ2) is 14.6. The Morgan fingerprint density at radius 3 is 2.11 bits per heavy atom. The molecule has 0 saturated carbocycles. The second-order valence-corrected chi connectivity index (χ2v) is 12.9. The number of aromatic hydroxyl groups is 1. The Kier molecular flexibility index (Phi) is 10.9. The average molecular weight is 610 g/mol. The summed E-state index contributed by atoms with van der Waals surface area (Å²) in [5.41, 5.74) is 3.29. The standard InChI is InChI=1S/C39H47NO5/c1-7-38(3,4)28-20-21-34(32(24-28)39(5,6)8-2)44-23-15-14-22-40-37(43)31-25-35(29-18-12-13-19-30(29)36(31)42)45-26-33(41)27-16-10-9-11-17-27/h9-13,16-21,24-25,42H,7-8,14-15,22-23,26H2,1-6H3,(H,40,43). The molecule has 0 atom stereocenters. The zero-order valence-corrected chi connectivity index (χ0v) is 27.5. The van der Waals surface area contributed by atoms with Crippen LogP contribution in [0.1, 0.15) is 99.1 Å². The lowest BCUT2D eigenvalue weighted by atomic mass is 9.76. The Hall–Kier alpha value is -4.32. The molecule has 0 unspecified atom stereocenters. The van der Waals surface area contributed by atoms with Crippen LogP contribution in [-0.2, 0) is 10.8 Å². The van der Waals surface area contributed by atoms with E-state index in [-0.39, 0.29) is 34.5 Å². The van der Waals surface area contributed by atoms with Crippen LogP contribution in [0.5, 0.6) is 17.2 Å². The Labute approximate surface area is 267 Å². The summed E-state index contributed by atoms with van der Waals surface area (Å²) in [4.78, 5) is 25.8. The molecule has 0 saturated heterocycles. The van der Waals surface area contributed by atoms with Crippen molar-refractivity contribution in [2.45, 2.75) is 78.1 Å². The van der Waals surface area contributed by atoms with Crippen LogP contribution in [0.4, 0.5) is 0 Å². The topological polar surface area (TPSA) is 84.9 Å². The van der Waals surface area contributed by atoms with Gasteiger partial charge in [-0.2, -0.15) is 0 Å². The van der Waals surface area contributed by atoms with Gasteiger partial charge in [0.2, 0.25) is 0 Å². The number of ether oxygens (including phenoxy) is 2. The van der Waals surface area contributed by atoms with Crippen molar-refractivity contribution < 1.29 is 24.2 Å². The van der Waals surface area contributed by atoms with Gasteiger partial charge in [0.15, 0.2) is 12.4 Å². The summed E-state index contributed by atoms with van der Waals surface area (Å²) in [5.74, 6) is 0.590. The lowest BCUT2D eigenvalue weighted by molar-refractivity contribution is 0.0922. The van der Waals surface area contributed by atoms with Gasteiger partial charge in [0.1, 0.15) is 17.2 Å². The predicted octanol–water partition coefficient (Wildman–Crippen LogP) is 8.77. The van der Waals surface area contributed by atoms with Crippen molar-refractivity contribution >= 4 is 22.5 Å². The first-order valence-corrected chi connectivity index (χ1v) is 16.0. The number of rotatable bonds is 15. The number of phenolic OH excluding ortho intramolecular Hbond substituents is 1. The van der Waals surface area contributed by atoms with Gasteiger partial charge < -0.3 is 19.9 Å². The van der Waals surface area contributed by atoms with Gasteiger partial charge in [0.05, 0.1) is 12.2 Å². The highest BCUT2D eigenvalue weighted by molar-refractivity contribution is 6.06. The number of phenols is 1. The van der Waals surface area contributed by atoms with Crippen LogP contribution in [0.25, 0.3) is 10.8 Å². The molecule has 6 nitrogen and oxygen atoms in total. The molecule has 4 aromatic carbocycles. The van der Waals surface area contributed by atoms with Gasteiger partial charge in [-0.25, -0.2) is 0 Å². The summed E-state index contributed by atoms with van der Waals surface area (Å²) < 4.78 is 12.2. The number of unbranched alkanes of at least 4 members (excludes halogenated alkanes) is 1. The molecule has 6 heteroatoms. The lowest BCUT2D eigenvalue weighted by Crippen LogP contribution is -2.25. The fourth-order valence-electron chi connectivity index (χ4n) is 5.18. The SMILES string of the molecule is CCC(C)(C)c1ccc(OCCCCNC(=O)c2cc(OCC(=O)c3ccccc3)c3ccccc3c2O)c(C(C)(C)CC)c1. The number of ketones is 1. The van der Waals surface area contributed by atoms with E-state index < -0.39 is 5.91 Å². The molecule has 0 bridgehead atoms. The third-order valence-corrected chi connectivity index (χ3v) is 9.05. The number of benzene rings is 4. The van der Waals surface area contributed by atoms with E-state index in [1.165, 1.54) is 17.2 Å². The van der Waals surface area contributed by atoms with Crippen molar-refractivity contribution in [3.05, 3.63) is 101 Å². The maximum Gasteiger partial charge on any atom is 0.255 e. The minimum atomic E-state index is -0.403. The maximum absolute atomic E-state index is 13.2. The first-order chi connectivity index (χ1) is 21.5. The number of amides is 1. The lowest BCUT2D eigenvalue weighted by Gasteiger charge is -2.30. The fraction of sp³-hybridized carbons (Fsp3) is 0.385. The first kappa shape index (κ1) is 33.6. The number of fused-ring (bicyclic) bond motifs is 1. The average Bonchev–Trinajstić information content (AvgIpc) is 3.06. The smallest absolute Gasteiger partial charge is 0.255 e. The predicted molar refractivity (Wildman–Crippen MR) is 182 cm³/mol. The van der Waals surface area contributed by atoms with Gasteiger partial charge in [-0.1, -0.05) is 108 Å². The van der Waals surface area contributed by atoms with E-state index in [9.17, 15) is 14.7 Å². The molecule has 0 aromatic heterocycles.